The number of anilines is 1. The van der Waals surface area contributed by atoms with Crippen LogP contribution in [0, 0.1) is 18.8 Å². The van der Waals surface area contributed by atoms with Crippen molar-refractivity contribution in [1.82, 2.24) is 4.31 Å². The fraction of sp³-hybridized carbons (Fsp3) is 0.440. The zero-order valence-electron chi connectivity index (χ0n) is 17.9. The predicted molar refractivity (Wildman–Crippen MR) is 120 cm³/mol. The number of nitrogens with zero attached hydrogens (tertiary/aromatic N) is 1. The highest BCUT2D eigenvalue weighted by Crippen LogP contribution is 2.59. The van der Waals surface area contributed by atoms with Crippen LogP contribution in [0.15, 0.2) is 65.3 Å². The molecule has 0 aromatic heterocycles. The van der Waals surface area contributed by atoms with Crippen LogP contribution in [0.5, 0.6) is 0 Å². The zero-order chi connectivity index (χ0) is 21.4. The second-order valence-corrected chi connectivity index (χ2v) is 11.4. The normalized spacial score (nSPS) is 33.9. The van der Waals surface area contributed by atoms with E-state index in [-0.39, 0.29) is 17.5 Å². The molecule has 1 N–H and O–H groups in total. The molecule has 4 aliphatic rings. The molecule has 0 amide bonds. The maximum atomic E-state index is 13.8. The fourth-order valence-electron chi connectivity index (χ4n) is 6.65. The van der Waals surface area contributed by atoms with Crippen LogP contribution in [0.3, 0.4) is 0 Å². The largest absolute Gasteiger partial charge is 0.498 e. The summed E-state index contributed by atoms with van der Waals surface area (Å²) in [6.07, 6.45) is 3.89. The summed E-state index contributed by atoms with van der Waals surface area (Å²) < 4.78 is 35.3. The summed E-state index contributed by atoms with van der Waals surface area (Å²) in [5.41, 5.74) is 3.28. The Balaban J connectivity index is 1.49. The van der Waals surface area contributed by atoms with Gasteiger partial charge in [0.25, 0.3) is 0 Å². The molecule has 1 saturated carbocycles. The van der Waals surface area contributed by atoms with Crippen LogP contribution in [0.25, 0.3) is 0 Å². The van der Waals surface area contributed by atoms with E-state index in [9.17, 15) is 8.42 Å². The Morgan fingerprint density at radius 2 is 1.87 bits per heavy atom. The average molecular weight is 437 g/mol. The Kier molecular flexibility index (Phi) is 4.12. The number of ether oxygens (including phenoxy) is 1. The molecule has 31 heavy (non-hydrogen) atoms. The van der Waals surface area contributed by atoms with Crippen LogP contribution in [-0.4, -0.2) is 38.0 Å². The molecular formula is C25H28N2O3S. The van der Waals surface area contributed by atoms with Crippen molar-refractivity contribution in [3.05, 3.63) is 71.5 Å². The molecule has 2 aromatic rings. The third-order valence-electron chi connectivity index (χ3n) is 8.04. The summed E-state index contributed by atoms with van der Waals surface area (Å²) in [4.78, 5) is 0.395. The highest BCUT2D eigenvalue weighted by molar-refractivity contribution is 7.89. The van der Waals surface area contributed by atoms with Crippen molar-refractivity contribution in [2.75, 3.05) is 18.5 Å². The lowest BCUT2D eigenvalue weighted by molar-refractivity contribution is 0.0394. The van der Waals surface area contributed by atoms with E-state index in [1.165, 1.54) is 5.56 Å². The number of fused-ring (bicyclic) bond motifs is 3. The van der Waals surface area contributed by atoms with Crippen LogP contribution >= 0.6 is 0 Å². The number of nitrogens with one attached hydrogen (secondary N) is 1. The number of hydrogen-bond acceptors (Lipinski definition) is 4. The van der Waals surface area contributed by atoms with Gasteiger partial charge in [0.2, 0.25) is 10.0 Å². The number of rotatable bonds is 2. The van der Waals surface area contributed by atoms with Crippen LogP contribution in [-0.2, 0) is 20.2 Å². The third kappa shape index (κ3) is 2.61. The summed E-state index contributed by atoms with van der Waals surface area (Å²) in [6.45, 7) is 5.23. The van der Waals surface area contributed by atoms with Crippen LogP contribution in [0.1, 0.15) is 30.9 Å². The van der Waals surface area contributed by atoms with Gasteiger partial charge in [-0.15, -0.1) is 0 Å². The summed E-state index contributed by atoms with van der Waals surface area (Å²) in [5, 5.41) is 3.80. The lowest BCUT2D eigenvalue weighted by Gasteiger charge is -2.51. The lowest BCUT2D eigenvalue weighted by Crippen LogP contribution is -2.60. The second kappa shape index (κ2) is 6.59. The monoisotopic (exact) mass is 436 g/mol. The molecule has 1 aliphatic carbocycles. The van der Waals surface area contributed by atoms with Crippen molar-refractivity contribution in [2.45, 2.75) is 49.1 Å². The van der Waals surface area contributed by atoms with E-state index in [2.05, 4.69) is 35.7 Å². The van der Waals surface area contributed by atoms with E-state index < -0.39 is 10.0 Å². The number of para-hydroxylation sites is 1. The Bertz CT molecular complexity index is 1170. The summed E-state index contributed by atoms with van der Waals surface area (Å²) in [6, 6.07) is 15.8. The van der Waals surface area contributed by atoms with Crippen LogP contribution < -0.4 is 5.32 Å². The van der Waals surface area contributed by atoms with Gasteiger partial charge in [0, 0.05) is 35.6 Å². The van der Waals surface area contributed by atoms with Gasteiger partial charge in [-0.05, 0) is 62.4 Å². The molecule has 2 aromatic carbocycles. The van der Waals surface area contributed by atoms with Crippen molar-refractivity contribution < 1.29 is 13.2 Å². The van der Waals surface area contributed by atoms with Gasteiger partial charge in [-0.2, -0.15) is 4.31 Å². The second-order valence-electron chi connectivity index (χ2n) is 9.55. The van der Waals surface area contributed by atoms with Crippen molar-refractivity contribution in [3.8, 4) is 0 Å². The van der Waals surface area contributed by atoms with E-state index in [1.807, 2.05) is 30.3 Å². The standard InChI is InChI=1S/C25H28N2O3S/c1-16-7-9-19(10-8-16)31(28,29)27-12-11-25-21-5-3-4-6-22(21)26-24(25)20-15-30-17(2)13-18(20)14-23(25)27/h3-10,13,18,20,23-24,26H,11-12,14-15H2,1-2H3/t18-,20-,23-,24+,25-/m1/s1. The maximum Gasteiger partial charge on any atom is 0.243 e. The highest BCUT2D eigenvalue weighted by atomic mass is 32.2. The Hall–Kier alpha value is -2.31. The smallest absolute Gasteiger partial charge is 0.243 e. The van der Waals surface area contributed by atoms with Crippen LogP contribution in [0.4, 0.5) is 5.69 Å². The topological polar surface area (TPSA) is 58.6 Å². The molecule has 1 spiro atoms. The number of sulfonamides is 1. The SMILES string of the molecule is CC1=C[C@@H]2C[C@H]3N(S(=O)(=O)c4ccc(C)cc4)CC[C@@]34c3ccccc3N[C@H]4[C@@H]2CO1. The van der Waals surface area contributed by atoms with Gasteiger partial charge in [-0.1, -0.05) is 35.9 Å². The van der Waals surface area contributed by atoms with Gasteiger partial charge in [-0.25, -0.2) is 8.42 Å². The molecule has 6 rings (SSSR count). The van der Waals surface area contributed by atoms with E-state index in [4.69, 9.17) is 4.74 Å². The molecule has 0 radical (unpaired) electrons. The Labute approximate surface area is 184 Å². The molecule has 0 unspecified atom stereocenters. The van der Waals surface area contributed by atoms with E-state index >= 15 is 0 Å². The molecule has 6 heteroatoms. The first kappa shape index (κ1) is 19.4. The van der Waals surface area contributed by atoms with Gasteiger partial charge in [0.15, 0.2) is 0 Å². The van der Waals surface area contributed by atoms with E-state index in [0.717, 1.165) is 29.9 Å². The van der Waals surface area contributed by atoms with Gasteiger partial charge in [0.05, 0.1) is 17.3 Å². The number of allylic oxidation sites excluding steroid dienone is 2. The molecular weight excluding hydrogens is 408 g/mol. The van der Waals surface area contributed by atoms with Gasteiger partial charge in [0.1, 0.15) is 0 Å². The maximum absolute atomic E-state index is 13.8. The molecule has 1 saturated heterocycles. The minimum atomic E-state index is -3.57. The fourth-order valence-corrected chi connectivity index (χ4v) is 8.34. The van der Waals surface area contributed by atoms with E-state index in [0.29, 0.717) is 29.9 Å². The third-order valence-corrected chi connectivity index (χ3v) is 9.96. The summed E-state index contributed by atoms with van der Waals surface area (Å²) >= 11 is 0. The molecule has 2 fully saturated rings. The highest BCUT2D eigenvalue weighted by Gasteiger charge is 2.65. The van der Waals surface area contributed by atoms with Crippen molar-refractivity contribution >= 4 is 15.7 Å². The van der Waals surface area contributed by atoms with Crippen molar-refractivity contribution in [3.63, 3.8) is 0 Å². The average Bonchev–Trinajstić information content (AvgIpc) is 3.30. The number of benzene rings is 2. The molecule has 0 bridgehead atoms. The van der Waals surface area contributed by atoms with Crippen LogP contribution in [0.2, 0.25) is 0 Å². The minimum absolute atomic E-state index is 0.0663. The molecule has 3 heterocycles. The quantitative estimate of drug-likeness (QED) is 0.771. The van der Waals surface area contributed by atoms with Crippen molar-refractivity contribution in [1.29, 1.82) is 0 Å². The van der Waals surface area contributed by atoms with Gasteiger partial charge in [-0.3, -0.25) is 0 Å². The van der Waals surface area contributed by atoms with Crippen molar-refractivity contribution in [2.24, 2.45) is 11.8 Å². The predicted octanol–water partition coefficient (Wildman–Crippen LogP) is 4.06. The Morgan fingerprint density at radius 1 is 1.10 bits per heavy atom. The molecule has 162 valence electrons. The summed E-state index contributed by atoms with van der Waals surface area (Å²) in [5.74, 6) is 1.61. The molecule has 5 nitrogen and oxygen atoms in total. The van der Waals surface area contributed by atoms with Gasteiger partial charge < -0.3 is 10.1 Å². The molecule has 5 atom stereocenters. The minimum Gasteiger partial charge on any atom is -0.498 e. The zero-order valence-corrected chi connectivity index (χ0v) is 18.7. The first-order valence-electron chi connectivity index (χ1n) is 11.2. The first-order valence-corrected chi connectivity index (χ1v) is 12.6. The van der Waals surface area contributed by atoms with Gasteiger partial charge >= 0.3 is 0 Å². The lowest BCUT2D eigenvalue weighted by atomic mass is 9.58. The molecule has 3 aliphatic heterocycles. The summed E-state index contributed by atoms with van der Waals surface area (Å²) in [7, 11) is -3.57. The Morgan fingerprint density at radius 3 is 2.68 bits per heavy atom. The first-order chi connectivity index (χ1) is 14.9. The number of aryl methyl sites for hydroxylation is 1. The number of hydrogen-bond donors (Lipinski definition) is 1. The van der Waals surface area contributed by atoms with E-state index in [1.54, 1.807) is 12.1 Å².